The van der Waals surface area contributed by atoms with Crippen molar-refractivity contribution in [2.24, 2.45) is 17.6 Å². The predicted molar refractivity (Wildman–Crippen MR) is 121 cm³/mol. The Balaban J connectivity index is 1.33. The zero-order valence-corrected chi connectivity index (χ0v) is 19.4. The molecule has 2 aliphatic heterocycles. The number of nitrogens with one attached hydrogen (secondary N) is 3. The molecule has 1 spiro atoms. The largest absolute Gasteiger partial charge is 0.471 e. The van der Waals surface area contributed by atoms with Crippen molar-refractivity contribution >= 4 is 29.3 Å². The summed E-state index contributed by atoms with van der Waals surface area (Å²) in [6.45, 7) is 0.0315. The monoisotopic (exact) mass is 507 g/mol. The number of fused-ring (bicyclic) bond motifs is 2. The zero-order chi connectivity index (χ0) is 25.8. The van der Waals surface area contributed by atoms with E-state index in [1.807, 2.05) is 6.07 Å². The fourth-order valence-electron chi connectivity index (χ4n) is 5.33. The molecule has 2 heterocycles. The SMILES string of the molecule is N[C@@H]1C[C@@]2(CN1C(=O)C(CC1CC1)NC(=O)[C@@H](NC(=O)C(F)(F)F)C1CC1)C(=O)Nc1ccccc12. The number of likely N-dealkylation sites (tertiary alicyclic amines) is 1. The van der Waals surface area contributed by atoms with E-state index >= 15 is 0 Å². The van der Waals surface area contributed by atoms with Gasteiger partial charge in [-0.2, -0.15) is 13.2 Å². The summed E-state index contributed by atoms with van der Waals surface area (Å²) in [6.07, 6.45) is -2.61. The number of halogens is 3. The highest BCUT2D eigenvalue weighted by Gasteiger charge is 2.56. The molecule has 2 aliphatic carbocycles. The van der Waals surface area contributed by atoms with Crippen molar-refractivity contribution < 1.29 is 32.3 Å². The number of hydrogen-bond acceptors (Lipinski definition) is 5. The lowest BCUT2D eigenvalue weighted by Crippen LogP contribution is -2.58. The molecule has 194 valence electrons. The maximum atomic E-state index is 13.6. The molecule has 2 saturated carbocycles. The summed E-state index contributed by atoms with van der Waals surface area (Å²) in [6, 6.07) is 4.81. The molecule has 5 rings (SSSR count). The van der Waals surface area contributed by atoms with E-state index in [1.54, 1.807) is 23.5 Å². The van der Waals surface area contributed by atoms with Crippen molar-refractivity contribution in [3.05, 3.63) is 29.8 Å². The van der Waals surface area contributed by atoms with Gasteiger partial charge >= 0.3 is 12.1 Å². The van der Waals surface area contributed by atoms with Crippen molar-refractivity contribution in [3.8, 4) is 0 Å². The molecule has 1 aromatic carbocycles. The van der Waals surface area contributed by atoms with Crippen LogP contribution in [-0.4, -0.2) is 59.5 Å². The van der Waals surface area contributed by atoms with Crippen LogP contribution in [0.2, 0.25) is 0 Å². The average molecular weight is 508 g/mol. The van der Waals surface area contributed by atoms with Crippen molar-refractivity contribution in [2.45, 2.75) is 68.4 Å². The molecule has 0 bridgehead atoms. The highest BCUT2D eigenvalue weighted by Crippen LogP contribution is 2.46. The molecule has 1 aromatic rings. The summed E-state index contributed by atoms with van der Waals surface area (Å²) < 4.78 is 38.4. The number of benzene rings is 1. The molecule has 1 unspecified atom stereocenters. The average Bonchev–Trinajstić information content (AvgIpc) is 3.75. The third-order valence-corrected chi connectivity index (χ3v) is 7.61. The number of nitrogens with zero attached hydrogens (tertiary/aromatic N) is 1. The van der Waals surface area contributed by atoms with Crippen LogP contribution in [0.25, 0.3) is 0 Å². The number of carbonyl (C=O) groups is 4. The maximum absolute atomic E-state index is 13.6. The Morgan fingerprint density at radius 1 is 1.14 bits per heavy atom. The fourth-order valence-corrected chi connectivity index (χ4v) is 5.33. The van der Waals surface area contributed by atoms with Crippen LogP contribution in [0.15, 0.2) is 24.3 Å². The second-order valence-corrected chi connectivity index (χ2v) is 10.3. The number of carbonyl (C=O) groups excluding carboxylic acids is 4. The van der Waals surface area contributed by atoms with Crippen molar-refractivity contribution in [1.82, 2.24) is 15.5 Å². The molecule has 0 aromatic heterocycles. The zero-order valence-electron chi connectivity index (χ0n) is 19.4. The summed E-state index contributed by atoms with van der Waals surface area (Å²) >= 11 is 0. The summed E-state index contributed by atoms with van der Waals surface area (Å²) in [5, 5.41) is 7.24. The first-order valence-corrected chi connectivity index (χ1v) is 12.1. The number of hydrogen-bond donors (Lipinski definition) is 4. The van der Waals surface area contributed by atoms with Gasteiger partial charge in [0.15, 0.2) is 0 Å². The van der Waals surface area contributed by atoms with Crippen molar-refractivity contribution in [3.63, 3.8) is 0 Å². The number of anilines is 1. The first kappa shape index (κ1) is 24.5. The molecule has 36 heavy (non-hydrogen) atoms. The highest BCUT2D eigenvalue weighted by molar-refractivity contribution is 6.07. The van der Waals surface area contributed by atoms with Crippen LogP contribution in [-0.2, 0) is 24.6 Å². The standard InChI is InChI=1S/C24H28F3N5O4/c25-24(26,27)22(36)31-18(13-7-8-13)19(33)29-16(9-12-5-6-12)20(34)32-11-23(10-17(32)28)14-3-1-2-4-15(14)30-21(23)35/h1-4,12-13,16-18H,5-11,28H2,(H,29,33)(H,30,35)(H,31,36)/t16?,17-,18-,23-/m0/s1. The van der Waals surface area contributed by atoms with Gasteiger partial charge in [0, 0.05) is 18.7 Å². The second-order valence-electron chi connectivity index (χ2n) is 10.3. The Morgan fingerprint density at radius 2 is 1.83 bits per heavy atom. The number of para-hydroxylation sites is 1. The van der Waals surface area contributed by atoms with Gasteiger partial charge in [0.25, 0.3) is 0 Å². The Morgan fingerprint density at radius 3 is 2.47 bits per heavy atom. The minimum Gasteiger partial charge on any atom is -0.342 e. The van der Waals surface area contributed by atoms with Gasteiger partial charge in [-0.3, -0.25) is 19.2 Å². The van der Waals surface area contributed by atoms with Crippen LogP contribution in [0, 0.1) is 11.8 Å². The molecule has 4 atom stereocenters. The highest BCUT2D eigenvalue weighted by atomic mass is 19.4. The Hall–Kier alpha value is -3.15. The smallest absolute Gasteiger partial charge is 0.342 e. The van der Waals surface area contributed by atoms with Crippen LogP contribution >= 0.6 is 0 Å². The van der Waals surface area contributed by atoms with E-state index in [1.165, 1.54) is 4.90 Å². The van der Waals surface area contributed by atoms with E-state index in [0.717, 1.165) is 18.4 Å². The van der Waals surface area contributed by atoms with Gasteiger partial charge in [0.2, 0.25) is 17.7 Å². The number of alkyl halides is 3. The fraction of sp³-hybridized carbons (Fsp3) is 0.583. The number of rotatable bonds is 7. The Labute approximate surface area is 205 Å². The van der Waals surface area contributed by atoms with E-state index in [9.17, 15) is 32.3 Å². The van der Waals surface area contributed by atoms with Crippen LogP contribution in [0.4, 0.5) is 18.9 Å². The van der Waals surface area contributed by atoms with Crippen LogP contribution in [0.5, 0.6) is 0 Å². The molecule has 5 N–H and O–H groups in total. The quantitative estimate of drug-likeness (QED) is 0.439. The summed E-state index contributed by atoms with van der Waals surface area (Å²) in [5.41, 5.74) is 6.75. The molecule has 9 nitrogen and oxygen atoms in total. The number of nitrogens with two attached hydrogens (primary N) is 1. The maximum Gasteiger partial charge on any atom is 0.471 e. The Kier molecular flexibility index (Phi) is 5.97. The number of amides is 4. The molecule has 3 fully saturated rings. The lowest BCUT2D eigenvalue weighted by atomic mass is 9.80. The van der Waals surface area contributed by atoms with Crippen LogP contribution in [0.1, 0.15) is 44.1 Å². The second kappa shape index (κ2) is 8.75. The molecular formula is C24H28F3N5O4. The van der Waals surface area contributed by atoms with Crippen molar-refractivity contribution in [1.29, 1.82) is 0 Å². The molecule has 4 amide bonds. The van der Waals surface area contributed by atoms with E-state index < -0.39 is 53.5 Å². The van der Waals surface area contributed by atoms with Gasteiger partial charge in [-0.25, -0.2) is 0 Å². The van der Waals surface area contributed by atoms with E-state index in [2.05, 4.69) is 10.6 Å². The van der Waals surface area contributed by atoms with E-state index in [0.29, 0.717) is 24.9 Å². The van der Waals surface area contributed by atoms with Gasteiger partial charge < -0.3 is 26.6 Å². The van der Waals surface area contributed by atoms with E-state index in [4.69, 9.17) is 5.73 Å². The lowest BCUT2D eigenvalue weighted by Gasteiger charge is -2.29. The minimum atomic E-state index is -5.12. The molecule has 1 saturated heterocycles. The molecular weight excluding hydrogens is 479 g/mol. The first-order valence-electron chi connectivity index (χ1n) is 12.1. The van der Waals surface area contributed by atoms with Gasteiger partial charge in [-0.05, 0) is 42.7 Å². The van der Waals surface area contributed by atoms with Crippen LogP contribution < -0.4 is 21.7 Å². The van der Waals surface area contributed by atoms with Crippen LogP contribution in [0.3, 0.4) is 0 Å². The third kappa shape index (κ3) is 4.54. The first-order chi connectivity index (χ1) is 17.0. The van der Waals surface area contributed by atoms with Crippen molar-refractivity contribution in [2.75, 3.05) is 11.9 Å². The van der Waals surface area contributed by atoms with Gasteiger partial charge in [-0.1, -0.05) is 31.0 Å². The summed E-state index contributed by atoms with van der Waals surface area (Å²) in [4.78, 5) is 52.5. The molecule has 0 radical (unpaired) electrons. The van der Waals surface area contributed by atoms with Gasteiger partial charge in [0.05, 0.1) is 11.6 Å². The van der Waals surface area contributed by atoms with Gasteiger partial charge in [0.1, 0.15) is 12.1 Å². The Bertz CT molecular complexity index is 1100. The van der Waals surface area contributed by atoms with Gasteiger partial charge in [-0.15, -0.1) is 0 Å². The topological polar surface area (TPSA) is 134 Å². The minimum absolute atomic E-state index is 0.0315. The molecule has 12 heteroatoms. The third-order valence-electron chi connectivity index (χ3n) is 7.61. The lowest BCUT2D eigenvalue weighted by molar-refractivity contribution is -0.175. The van der Waals surface area contributed by atoms with E-state index in [-0.39, 0.29) is 24.8 Å². The molecule has 4 aliphatic rings. The summed E-state index contributed by atoms with van der Waals surface area (Å²) in [5.74, 6) is -3.94. The summed E-state index contributed by atoms with van der Waals surface area (Å²) in [7, 11) is 0. The normalized spacial score (nSPS) is 26.8. The predicted octanol–water partition coefficient (Wildman–Crippen LogP) is 1.14.